The molecule has 2 aliphatic carbocycles. The summed E-state index contributed by atoms with van der Waals surface area (Å²) in [5, 5.41) is 16.1. The molecular weight excluding hydrogens is 348 g/mol. The molecule has 1 aromatic heterocycles. The SMILES string of the molecule is C[NH+](CCC(=O)Nc1sc2c(c1C#N)CCCCC2)CC(=O)NC1CC1. The molecule has 3 N–H and O–H groups in total. The molecule has 7 heteroatoms. The summed E-state index contributed by atoms with van der Waals surface area (Å²) < 4.78 is 0. The van der Waals surface area contributed by atoms with Gasteiger partial charge in [-0.25, -0.2) is 0 Å². The number of quaternary nitrogens is 1. The molecule has 1 heterocycles. The number of hydrogen-bond acceptors (Lipinski definition) is 4. The molecule has 1 unspecified atom stereocenters. The van der Waals surface area contributed by atoms with Gasteiger partial charge in [0.15, 0.2) is 6.54 Å². The second-order valence-corrected chi connectivity index (χ2v) is 8.51. The first-order valence-electron chi connectivity index (χ1n) is 9.52. The van der Waals surface area contributed by atoms with Crippen LogP contribution in [0, 0.1) is 11.3 Å². The van der Waals surface area contributed by atoms with E-state index in [2.05, 4.69) is 16.7 Å². The number of likely N-dealkylation sites (N-methyl/N-ethyl adjacent to an activating group) is 1. The second-order valence-electron chi connectivity index (χ2n) is 7.40. The number of nitriles is 1. The molecule has 1 fully saturated rings. The highest BCUT2D eigenvalue weighted by atomic mass is 32.1. The number of carbonyl (C=O) groups excluding carboxylic acids is 2. The Balaban J connectivity index is 1.50. The Morgan fingerprint density at radius 2 is 2.00 bits per heavy atom. The number of rotatable bonds is 7. The van der Waals surface area contributed by atoms with Crippen molar-refractivity contribution in [3.63, 3.8) is 0 Å². The highest BCUT2D eigenvalue weighted by Gasteiger charge is 2.25. The lowest BCUT2D eigenvalue weighted by atomic mass is 10.1. The van der Waals surface area contributed by atoms with Gasteiger partial charge in [-0.15, -0.1) is 11.3 Å². The van der Waals surface area contributed by atoms with Gasteiger partial charge in [0.25, 0.3) is 5.91 Å². The molecule has 0 aliphatic heterocycles. The van der Waals surface area contributed by atoms with Crippen LogP contribution in [0.2, 0.25) is 0 Å². The number of amides is 2. The van der Waals surface area contributed by atoms with Crippen LogP contribution in [-0.2, 0) is 22.4 Å². The van der Waals surface area contributed by atoms with E-state index < -0.39 is 0 Å². The molecule has 2 amide bonds. The first kappa shape index (κ1) is 18.9. The van der Waals surface area contributed by atoms with Crippen molar-refractivity contribution < 1.29 is 14.5 Å². The molecule has 0 spiro atoms. The number of anilines is 1. The molecule has 0 bridgehead atoms. The summed E-state index contributed by atoms with van der Waals surface area (Å²) in [5.74, 6) is -0.0287. The van der Waals surface area contributed by atoms with E-state index >= 15 is 0 Å². The maximum atomic E-state index is 12.3. The van der Waals surface area contributed by atoms with Crippen LogP contribution in [0.4, 0.5) is 5.00 Å². The van der Waals surface area contributed by atoms with Crippen LogP contribution in [0.3, 0.4) is 0 Å². The molecule has 140 valence electrons. The summed E-state index contributed by atoms with van der Waals surface area (Å²) in [6.07, 6.45) is 7.93. The lowest BCUT2D eigenvalue weighted by Crippen LogP contribution is -3.10. The molecule has 1 aromatic rings. The Bertz CT molecular complexity index is 718. The smallest absolute Gasteiger partial charge is 0.275 e. The third-order valence-electron chi connectivity index (χ3n) is 4.97. The Morgan fingerprint density at radius 1 is 1.23 bits per heavy atom. The summed E-state index contributed by atoms with van der Waals surface area (Å²) in [7, 11) is 1.92. The first-order valence-corrected chi connectivity index (χ1v) is 10.3. The van der Waals surface area contributed by atoms with Crippen molar-refractivity contribution in [1.82, 2.24) is 5.32 Å². The number of hydrogen-bond donors (Lipinski definition) is 3. The van der Waals surface area contributed by atoms with E-state index in [0.717, 1.165) is 49.0 Å². The Morgan fingerprint density at radius 3 is 2.73 bits per heavy atom. The third kappa shape index (κ3) is 5.05. The van der Waals surface area contributed by atoms with Gasteiger partial charge in [-0.05, 0) is 44.1 Å². The topological polar surface area (TPSA) is 86.4 Å². The van der Waals surface area contributed by atoms with E-state index in [9.17, 15) is 14.9 Å². The average molecular weight is 376 g/mol. The molecule has 1 atom stereocenters. The van der Waals surface area contributed by atoms with Crippen LogP contribution in [0.1, 0.15) is 54.5 Å². The first-order chi connectivity index (χ1) is 12.6. The minimum absolute atomic E-state index is 0.0548. The lowest BCUT2D eigenvalue weighted by molar-refractivity contribution is -0.870. The lowest BCUT2D eigenvalue weighted by Gasteiger charge is -2.13. The molecule has 1 saturated carbocycles. The summed E-state index contributed by atoms with van der Waals surface area (Å²) in [5.41, 5.74) is 1.80. The molecular formula is C19H27N4O2S+. The average Bonchev–Trinajstić information content (AvgIpc) is 3.38. The minimum Gasteiger partial charge on any atom is -0.348 e. The molecule has 0 radical (unpaired) electrons. The number of nitrogens with zero attached hydrogens (tertiary/aromatic N) is 1. The summed E-state index contributed by atoms with van der Waals surface area (Å²) in [6.45, 7) is 0.984. The minimum atomic E-state index is -0.0835. The molecule has 0 aromatic carbocycles. The standard InChI is InChI=1S/C19H26N4O2S/c1-23(12-18(25)21-13-7-8-13)10-9-17(24)22-19-15(11-20)14-5-3-2-4-6-16(14)26-19/h13H,2-10,12H2,1H3,(H,21,25)(H,22,24)/p+1. The largest absolute Gasteiger partial charge is 0.348 e. The van der Waals surface area contributed by atoms with Crippen molar-refractivity contribution in [2.75, 3.05) is 25.5 Å². The highest BCUT2D eigenvalue weighted by molar-refractivity contribution is 7.16. The predicted octanol–water partition coefficient (Wildman–Crippen LogP) is 1.01. The van der Waals surface area contributed by atoms with Crippen LogP contribution in [0.5, 0.6) is 0 Å². The molecule has 26 heavy (non-hydrogen) atoms. The van der Waals surface area contributed by atoms with Crippen LogP contribution in [-0.4, -0.2) is 38.0 Å². The fraction of sp³-hybridized carbons (Fsp3) is 0.632. The number of aryl methyl sites for hydroxylation is 1. The molecule has 0 saturated heterocycles. The van der Waals surface area contributed by atoms with Crippen LogP contribution < -0.4 is 15.5 Å². The quantitative estimate of drug-likeness (QED) is 0.622. The fourth-order valence-corrected chi connectivity index (χ4v) is 4.59. The van der Waals surface area contributed by atoms with Gasteiger partial charge in [0.1, 0.15) is 11.1 Å². The van der Waals surface area contributed by atoms with E-state index in [1.807, 2.05) is 7.05 Å². The monoisotopic (exact) mass is 375 g/mol. The maximum absolute atomic E-state index is 12.3. The Labute approximate surface area is 158 Å². The van der Waals surface area contributed by atoms with Crippen molar-refractivity contribution in [3.05, 3.63) is 16.0 Å². The van der Waals surface area contributed by atoms with Crippen molar-refractivity contribution in [2.45, 2.75) is 57.4 Å². The van der Waals surface area contributed by atoms with Crippen LogP contribution in [0.25, 0.3) is 0 Å². The number of thiophene rings is 1. The number of nitrogens with one attached hydrogen (secondary N) is 3. The van der Waals surface area contributed by atoms with Crippen LogP contribution >= 0.6 is 11.3 Å². The fourth-order valence-electron chi connectivity index (χ4n) is 3.33. The summed E-state index contributed by atoms with van der Waals surface area (Å²) in [4.78, 5) is 26.4. The number of carbonyl (C=O) groups is 2. The van der Waals surface area contributed by atoms with E-state index in [-0.39, 0.29) is 11.8 Å². The van der Waals surface area contributed by atoms with Gasteiger partial charge in [-0.2, -0.15) is 5.26 Å². The predicted molar refractivity (Wildman–Crippen MR) is 101 cm³/mol. The summed E-state index contributed by atoms with van der Waals surface area (Å²) in [6, 6.07) is 2.66. The van der Waals surface area contributed by atoms with Gasteiger partial charge in [-0.3, -0.25) is 9.59 Å². The van der Waals surface area contributed by atoms with Crippen LogP contribution in [0.15, 0.2) is 0 Å². The summed E-state index contributed by atoms with van der Waals surface area (Å²) >= 11 is 1.56. The molecule has 6 nitrogen and oxygen atoms in total. The molecule has 2 aliphatic rings. The second kappa shape index (κ2) is 8.65. The van der Waals surface area contributed by atoms with Crippen molar-refractivity contribution in [3.8, 4) is 6.07 Å². The van der Waals surface area contributed by atoms with E-state index in [0.29, 0.717) is 36.1 Å². The van der Waals surface area contributed by atoms with E-state index in [1.165, 1.54) is 11.3 Å². The van der Waals surface area contributed by atoms with Gasteiger partial charge >= 0.3 is 0 Å². The van der Waals surface area contributed by atoms with Crippen molar-refractivity contribution >= 4 is 28.2 Å². The Hall–Kier alpha value is -1.91. The van der Waals surface area contributed by atoms with Gasteiger partial charge < -0.3 is 15.5 Å². The van der Waals surface area contributed by atoms with Gasteiger partial charge in [-0.1, -0.05) is 6.42 Å². The highest BCUT2D eigenvalue weighted by Crippen LogP contribution is 2.36. The third-order valence-corrected chi connectivity index (χ3v) is 6.18. The zero-order valence-electron chi connectivity index (χ0n) is 15.3. The number of fused-ring (bicyclic) bond motifs is 1. The van der Waals surface area contributed by atoms with Gasteiger partial charge in [0.05, 0.1) is 25.6 Å². The van der Waals surface area contributed by atoms with E-state index in [1.54, 1.807) is 11.3 Å². The van der Waals surface area contributed by atoms with Gasteiger partial charge in [0.2, 0.25) is 5.91 Å². The van der Waals surface area contributed by atoms with Gasteiger partial charge in [0, 0.05) is 10.9 Å². The normalized spacial score (nSPS) is 17.5. The zero-order chi connectivity index (χ0) is 18.5. The van der Waals surface area contributed by atoms with Crippen molar-refractivity contribution in [2.24, 2.45) is 0 Å². The molecule has 3 rings (SSSR count). The zero-order valence-corrected chi connectivity index (χ0v) is 16.1. The van der Waals surface area contributed by atoms with E-state index in [4.69, 9.17) is 0 Å². The van der Waals surface area contributed by atoms with Crippen molar-refractivity contribution in [1.29, 1.82) is 5.26 Å². The maximum Gasteiger partial charge on any atom is 0.275 e. The Kier molecular flexibility index (Phi) is 6.28.